The SMILES string of the molecule is c1ccc(-c2nc(-c3ccccc3)c3ccc(-c4ccc(-c5cccc6c5oc5ccccc56)cc4)cc3n2)cc1. The molecule has 0 spiro atoms. The second-order valence-corrected chi connectivity index (χ2v) is 10.2. The van der Waals surface area contributed by atoms with Crippen molar-refractivity contribution in [2.45, 2.75) is 0 Å². The first kappa shape index (κ1) is 23.4. The molecule has 0 saturated carbocycles. The van der Waals surface area contributed by atoms with E-state index >= 15 is 0 Å². The first-order valence-electron chi connectivity index (χ1n) is 13.8. The normalized spacial score (nSPS) is 11.4. The molecule has 8 aromatic rings. The summed E-state index contributed by atoms with van der Waals surface area (Å²) in [7, 11) is 0. The van der Waals surface area contributed by atoms with Crippen LogP contribution < -0.4 is 0 Å². The van der Waals surface area contributed by atoms with E-state index < -0.39 is 0 Å². The van der Waals surface area contributed by atoms with Crippen LogP contribution in [0.3, 0.4) is 0 Å². The van der Waals surface area contributed by atoms with Crippen molar-refractivity contribution >= 4 is 32.8 Å². The van der Waals surface area contributed by atoms with Gasteiger partial charge in [-0.05, 0) is 34.9 Å². The van der Waals surface area contributed by atoms with Crippen molar-refractivity contribution in [2.24, 2.45) is 0 Å². The van der Waals surface area contributed by atoms with E-state index in [-0.39, 0.29) is 0 Å². The number of nitrogens with zero attached hydrogens (tertiary/aromatic N) is 2. The van der Waals surface area contributed by atoms with Gasteiger partial charge in [-0.3, -0.25) is 0 Å². The summed E-state index contributed by atoms with van der Waals surface area (Å²) in [6, 6.07) is 50.2. The molecule has 192 valence electrons. The number of para-hydroxylation sites is 2. The molecule has 0 unspecified atom stereocenters. The maximum atomic E-state index is 6.28. The van der Waals surface area contributed by atoms with E-state index in [2.05, 4.69) is 97.1 Å². The molecule has 3 nitrogen and oxygen atoms in total. The van der Waals surface area contributed by atoms with Crippen LogP contribution in [-0.2, 0) is 0 Å². The first-order chi connectivity index (χ1) is 20.3. The lowest BCUT2D eigenvalue weighted by atomic mass is 9.97. The lowest BCUT2D eigenvalue weighted by Crippen LogP contribution is -1.95. The smallest absolute Gasteiger partial charge is 0.160 e. The zero-order valence-corrected chi connectivity index (χ0v) is 22.2. The van der Waals surface area contributed by atoms with Crippen molar-refractivity contribution in [1.29, 1.82) is 0 Å². The zero-order valence-electron chi connectivity index (χ0n) is 22.2. The average molecular weight is 525 g/mol. The number of hydrogen-bond acceptors (Lipinski definition) is 3. The van der Waals surface area contributed by atoms with Crippen molar-refractivity contribution in [3.05, 3.63) is 146 Å². The summed E-state index contributed by atoms with van der Waals surface area (Å²) in [5, 5.41) is 3.32. The second-order valence-electron chi connectivity index (χ2n) is 10.2. The fourth-order valence-corrected chi connectivity index (χ4v) is 5.66. The summed E-state index contributed by atoms with van der Waals surface area (Å²) >= 11 is 0. The Kier molecular flexibility index (Phi) is 5.46. The number of fused-ring (bicyclic) bond motifs is 4. The van der Waals surface area contributed by atoms with Gasteiger partial charge in [-0.25, -0.2) is 9.97 Å². The van der Waals surface area contributed by atoms with Crippen molar-refractivity contribution in [1.82, 2.24) is 9.97 Å². The number of furan rings is 1. The molecule has 0 bridgehead atoms. The number of hydrogen-bond donors (Lipinski definition) is 0. The Morgan fingerprint density at radius 3 is 1.88 bits per heavy atom. The molecule has 0 amide bonds. The summed E-state index contributed by atoms with van der Waals surface area (Å²) in [5.74, 6) is 0.725. The number of aromatic nitrogens is 2. The predicted molar refractivity (Wildman–Crippen MR) is 169 cm³/mol. The molecule has 0 N–H and O–H groups in total. The largest absolute Gasteiger partial charge is 0.455 e. The molecule has 8 rings (SSSR count). The molecular formula is C38H24N2O. The van der Waals surface area contributed by atoms with Gasteiger partial charge in [-0.1, -0.05) is 127 Å². The van der Waals surface area contributed by atoms with Crippen molar-refractivity contribution in [3.8, 4) is 44.9 Å². The van der Waals surface area contributed by atoms with Crippen molar-refractivity contribution < 1.29 is 4.42 Å². The molecule has 2 heterocycles. The van der Waals surface area contributed by atoms with E-state index in [0.29, 0.717) is 0 Å². The van der Waals surface area contributed by atoms with Crippen LogP contribution in [0.5, 0.6) is 0 Å². The van der Waals surface area contributed by atoms with E-state index in [0.717, 1.165) is 77.7 Å². The molecule has 2 aromatic heterocycles. The van der Waals surface area contributed by atoms with Gasteiger partial charge >= 0.3 is 0 Å². The van der Waals surface area contributed by atoms with E-state index in [1.54, 1.807) is 0 Å². The molecule has 0 atom stereocenters. The van der Waals surface area contributed by atoms with Gasteiger partial charge in [-0.15, -0.1) is 0 Å². The predicted octanol–water partition coefficient (Wildman–Crippen LogP) is 10.2. The minimum Gasteiger partial charge on any atom is -0.455 e. The van der Waals surface area contributed by atoms with E-state index in [1.807, 2.05) is 48.5 Å². The van der Waals surface area contributed by atoms with Crippen molar-refractivity contribution in [2.75, 3.05) is 0 Å². The zero-order chi connectivity index (χ0) is 27.2. The molecule has 0 aliphatic rings. The van der Waals surface area contributed by atoms with Crippen LogP contribution in [0.15, 0.2) is 150 Å². The highest BCUT2D eigenvalue weighted by molar-refractivity contribution is 6.09. The Bertz CT molecular complexity index is 2180. The van der Waals surface area contributed by atoms with Crippen LogP contribution in [-0.4, -0.2) is 9.97 Å². The van der Waals surface area contributed by atoms with Crippen LogP contribution >= 0.6 is 0 Å². The standard InChI is InChI=1S/C38H24N2O/c1-3-10-27(11-4-1)36-33-23-22-29(24-34(33)39-38(40-36)28-12-5-2-6-13-28)25-18-20-26(21-19-25)30-15-9-16-32-31-14-7-8-17-35(31)41-37(30)32/h1-24H. The number of rotatable bonds is 4. The molecule has 0 aliphatic heterocycles. The molecule has 3 heteroatoms. The molecule has 0 aliphatic carbocycles. The second kappa shape index (κ2) is 9.58. The van der Waals surface area contributed by atoms with Crippen molar-refractivity contribution in [3.63, 3.8) is 0 Å². The Morgan fingerprint density at radius 2 is 1.07 bits per heavy atom. The third kappa shape index (κ3) is 4.07. The van der Waals surface area contributed by atoms with Gasteiger partial charge in [0.05, 0.1) is 11.2 Å². The van der Waals surface area contributed by atoms with Crippen LogP contribution in [0, 0.1) is 0 Å². The van der Waals surface area contributed by atoms with Crippen LogP contribution in [0.2, 0.25) is 0 Å². The maximum Gasteiger partial charge on any atom is 0.160 e. The van der Waals surface area contributed by atoms with Gasteiger partial charge in [0.25, 0.3) is 0 Å². The van der Waals surface area contributed by atoms with E-state index in [1.165, 1.54) is 0 Å². The third-order valence-corrected chi connectivity index (χ3v) is 7.71. The molecule has 6 aromatic carbocycles. The first-order valence-corrected chi connectivity index (χ1v) is 13.8. The highest BCUT2D eigenvalue weighted by atomic mass is 16.3. The molecule has 0 fully saturated rings. The fraction of sp³-hybridized carbons (Fsp3) is 0. The van der Waals surface area contributed by atoms with E-state index in [9.17, 15) is 0 Å². The molecule has 0 saturated heterocycles. The summed E-state index contributed by atoms with van der Waals surface area (Å²) in [6.07, 6.45) is 0. The lowest BCUT2D eigenvalue weighted by molar-refractivity contribution is 0.670. The van der Waals surface area contributed by atoms with Crippen LogP contribution in [0.1, 0.15) is 0 Å². The molecule has 41 heavy (non-hydrogen) atoms. The van der Waals surface area contributed by atoms with Gasteiger partial charge < -0.3 is 4.42 Å². The van der Waals surface area contributed by atoms with E-state index in [4.69, 9.17) is 14.4 Å². The topological polar surface area (TPSA) is 38.9 Å². The minimum absolute atomic E-state index is 0.725. The Balaban J connectivity index is 1.23. The highest BCUT2D eigenvalue weighted by Crippen LogP contribution is 2.37. The Hall–Kier alpha value is -5.54. The summed E-state index contributed by atoms with van der Waals surface area (Å²) in [6.45, 7) is 0. The summed E-state index contributed by atoms with van der Waals surface area (Å²) in [4.78, 5) is 10.0. The quantitative estimate of drug-likeness (QED) is 0.230. The van der Waals surface area contributed by atoms with Gasteiger partial charge in [0.15, 0.2) is 5.82 Å². The molecular weight excluding hydrogens is 500 g/mol. The maximum absolute atomic E-state index is 6.28. The highest BCUT2D eigenvalue weighted by Gasteiger charge is 2.14. The van der Waals surface area contributed by atoms with Gasteiger partial charge in [-0.2, -0.15) is 0 Å². The number of benzene rings is 6. The lowest BCUT2D eigenvalue weighted by Gasteiger charge is -2.11. The van der Waals surface area contributed by atoms with Crippen LogP contribution in [0.4, 0.5) is 0 Å². The molecule has 0 radical (unpaired) electrons. The fourth-order valence-electron chi connectivity index (χ4n) is 5.66. The average Bonchev–Trinajstić information content (AvgIpc) is 3.44. The van der Waals surface area contributed by atoms with Gasteiger partial charge in [0.2, 0.25) is 0 Å². The summed E-state index contributed by atoms with van der Waals surface area (Å²) < 4.78 is 6.28. The Labute approximate surface area is 237 Å². The third-order valence-electron chi connectivity index (χ3n) is 7.71. The van der Waals surface area contributed by atoms with Crippen LogP contribution in [0.25, 0.3) is 77.7 Å². The minimum atomic E-state index is 0.725. The Morgan fingerprint density at radius 1 is 0.415 bits per heavy atom. The summed E-state index contributed by atoms with van der Waals surface area (Å²) in [5.41, 5.74) is 10.2. The van der Waals surface area contributed by atoms with Gasteiger partial charge in [0, 0.05) is 32.8 Å². The monoisotopic (exact) mass is 524 g/mol. The van der Waals surface area contributed by atoms with Gasteiger partial charge in [0.1, 0.15) is 11.2 Å².